The number of benzene rings is 1. The largest absolute Gasteiger partial charge is 0.494 e. The Bertz CT molecular complexity index is 559. The topological polar surface area (TPSA) is 43.4 Å². The van der Waals surface area contributed by atoms with Crippen LogP contribution in [0.1, 0.15) is 24.3 Å². The summed E-state index contributed by atoms with van der Waals surface area (Å²) in [5.74, 6) is 1.19. The number of ether oxygens (including phenoxy) is 1. The summed E-state index contributed by atoms with van der Waals surface area (Å²) in [6.45, 7) is 2.53. The van der Waals surface area contributed by atoms with Crippen molar-refractivity contribution in [1.82, 2.24) is 0 Å². The highest BCUT2D eigenvalue weighted by molar-refractivity contribution is 9.10. The summed E-state index contributed by atoms with van der Waals surface area (Å²) >= 11 is 9.92. The zero-order valence-corrected chi connectivity index (χ0v) is 13.8. The fourth-order valence-electron chi connectivity index (χ4n) is 2.30. The lowest BCUT2D eigenvalue weighted by Crippen LogP contribution is -2.11. The molecule has 0 bridgehead atoms. The summed E-state index contributed by atoms with van der Waals surface area (Å²) in [6, 6.07) is 5.64. The van der Waals surface area contributed by atoms with Crippen molar-refractivity contribution < 1.29 is 13.2 Å². The molecule has 1 fully saturated rings. The maximum Gasteiger partial charge on any atom is 0.150 e. The van der Waals surface area contributed by atoms with Crippen molar-refractivity contribution in [1.29, 1.82) is 0 Å². The van der Waals surface area contributed by atoms with Gasteiger partial charge in [0.2, 0.25) is 0 Å². The molecule has 106 valence electrons. The Kier molecular flexibility index (Phi) is 4.79. The van der Waals surface area contributed by atoms with Gasteiger partial charge in [-0.25, -0.2) is 8.42 Å². The summed E-state index contributed by atoms with van der Waals surface area (Å²) in [5, 5.41) is -0.290. The SMILES string of the molecule is CCOc1ccc(C(Cl)C2CCS(=O)(=O)C2)c(Br)c1. The Morgan fingerprint density at radius 3 is 2.79 bits per heavy atom. The minimum absolute atomic E-state index is 0.0130. The molecule has 1 aromatic carbocycles. The van der Waals surface area contributed by atoms with E-state index < -0.39 is 9.84 Å². The van der Waals surface area contributed by atoms with E-state index in [1.54, 1.807) is 0 Å². The van der Waals surface area contributed by atoms with Gasteiger partial charge in [-0.15, -0.1) is 11.6 Å². The fraction of sp³-hybridized carbons (Fsp3) is 0.538. The van der Waals surface area contributed by atoms with Gasteiger partial charge in [0, 0.05) is 4.47 Å². The maximum atomic E-state index is 11.5. The van der Waals surface area contributed by atoms with Crippen molar-refractivity contribution >= 4 is 37.4 Å². The molecular weight excluding hydrogens is 352 g/mol. The van der Waals surface area contributed by atoms with Gasteiger partial charge in [0.25, 0.3) is 0 Å². The molecule has 19 heavy (non-hydrogen) atoms. The second kappa shape index (κ2) is 6.02. The van der Waals surface area contributed by atoms with Crippen LogP contribution in [0.25, 0.3) is 0 Å². The van der Waals surface area contributed by atoms with Gasteiger partial charge in [0.1, 0.15) is 5.75 Å². The van der Waals surface area contributed by atoms with E-state index in [2.05, 4.69) is 15.9 Å². The van der Waals surface area contributed by atoms with Crippen molar-refractivity contribution in [2.75, 3.05) is 18.1 Å². The quantitative estimate of drug-likeness (QED) is 0.764. The van der Waals surface area contributed by atoms with Crippen LogP contribution >= 0.6 is 27.5 Å². The summed E-state index contributed by atoms with van der Waals surface area (Å²) in [4.78, 5) is 0. The third-order valence-corrected chi connectivity index (χ3v) is 6.33. The van der Waals surface area contributed by atoms with E-state index in [-0.39, 0.29) is 22.8 Å². The molecule has 0 amide bonds. The molecule has 0 aromatic heterocycles. The van der Waals surface area contributed by atoms with Crippen LogP contribution < -0.4 is 4.74 Å². The molecule has 1 aromatic rings. The first-order chi connectivity index (χ1) is 8.93. The van der Waals surface area contributed by atoms with Gasteiger partial charge in [-0.1, -0.05) is 22.0 Å². The number of hydrogen-bond donors (Lipinski definition) is 0. The fourth-order valence-corrected chi connectivity index (χ4v) is 5.38. The van der Waals surface area contributed by atoms with E-state index >= 15 is 0 Å². The third-order valence-electron chi connectivity index (χ3n) is 3.26. The Labute approximate surface area is 127 Å². The highest BCUT2D eigenvalue weighted by atomic mass is 79.9. The van der Waals surface area contributed by atoms with Gasteiger partial charge >= 0.3 is 0 Å². The number of hydrogen-bond acceptors (Lipinski definition) is 3. The van der Waals surface area contributed by atoms with E-state index in [0.717, 1.165) is 15.8 Å². The molecule has 2 unspecified atom stereocenters. The average Bonchev–Trinajstić information content (AvgIpc) is 2.70. The second-order valence-corrected chi connectivity index (χ2v) is 8.23. The molecule has 1 aliphatic heterocycles. The molecule has 0 spiro atoms. The van der Waals surface area contributed by atoms with Crippen molar-refractivity contribution in [2.45, 2.75) is 18.7 Å². The van der Waals surface area contributed by atoms with Gasteiger partial charge in [-0.2, -0.15) is 0 Å². The molecule has 0 N–H and O–H groups in total. The Morgan fingerprint density at radius 2 is 2.26 bits per heavy atom. The highest BCUT2D eigenvalue weighted by Gasteiger charge is 2.34. The predicted octanol–water partition coefficient (Wildman–Crippen LogP) is 3.56. The van der Waals surface area contributed by atoms with Gasteiger partial charge in [0.15, 0.2) is 9.84 Å². The second-order valence-electron chi connectivity index (χ2n) is 4.68. The number of halogens is 2. The molecule has 1 heterocycles. The minimum atomic E-state index is -2.90. The molecule has 1 saturated heterocycles. The van der Waals surface area contributed by atoms with Gasteiger partial charge < -0.3 is 4.74 Å². The van der Waals surface area contributed by atoms with E-state index in [0.29, 0.717) is 13.0 Å². The van der Waals surface area contributed by atoms with Crippen LogP contribution in [0, 0.1) is 5.92 Å². The van der Waals surface area contributed by atoms with E-state index in [9.17, 15) is 8.42 Å². The summed E-state index contributed by atoms with van der Waals surface area (Å²) < 4.78 is 29.3. The Hall–Kier alpha value is -0.260. The van der Waals surface area contributed by atoms with Gasteiger partial charge in [-0.05, 0) is 37.0 Å². The minimum Gasteiger partial charge on any atom is -0.494 e. The zero-order valence-electron chi connectivity index (χ0n) is 10.6. The Balaban J connectivity index is 2.18. The lowest BCUT2D eigenvalue weighted by molar-refractivity contribution is 0.340. The summed E-state index contributed by atoms with van der Waals surface area (Å²) in [5.41, 5.74) is 0.923. The van der Waals surface area contributed by atoms with E-state index in [1.807, 2.05) is 25.1 Å². The van der Waals surface area contributed by atoms with E-state index in [4.69, 9.17) is 16.3 Å². The molecule has 0 saturated carbocycles. The zero-order chi connectivity index (χ0) is 14.0. The molecule has 0 aliphatic carbocycles. The van der Waals surface area contributed by atoms with Crippen molar-refractivity contribution in [3.8, 4) is 5.75 Å². The first kappa shape index (κ1) is 15.1. The first-order valence-corrected chi connectivity index (χ1v) is 9.25. The highest BCUT2D eigenvalue weighted by Crippen LogP contribution is 2.40. The van der Waals surface area contributed by atoms with Crippen molar-refractivity contribution in [2.24, 2.45) is 5.92 Å². The average molecular weight is 368 g/mol. The van der Waals surface area contributed by atoms with Crippen molar-refractivity contribution in [3.05, 3.63) is 28.2 Å². The van der Waals surface area contributed by atoms with Crippen LogP contribution in [0.3, 0.4) is 0 Å². The number of alkyl halides is 1. The number of rotatable bonds is 4. The molecule has 2 atom stereocenters. The van der Waals surface area contributed by atoms with Gasteiger partial charge in [0.05, 0.1) is 23.5 Å². The third kappa shape index (κ3) is 3.64. The van der Waals surface area contributed by atoms with Crippen LogP contribution in [0.5, 0.6) is 5.75 Å². The van der Waals surface area contributed by atoms with E-state index in [1.165, 1.54) is 0 Å². The van der Waals surface area contributed by atoms with Crippen LogP contribution in [0.15, 0.2) is 22.7 Å². The normalized spacial score (nSPS) is 23.2. The number of sulfone groups is 1. The van der Waals surface area contributed by atoms with Crippen LogP contribution in [0.2, 0.25) is 0 Å². The summed E-state index contributed by atoms with van der Waals surface area (Å²) in [6.07, 6.45) is 0.635. The monoisotopic (exact) mass is 366 g/mol. The summed E-state index contributed by atoms with van der Waals surface area (Å²) in [7, 11) is -2.90. The van der Waals surface area contributed by atoms with Crippen molar-refractivity contribution in [3.63, 3.8) is 0 Å². The molecule has 0 radical (unpaired) electrons. The molecule has 2 rings (SSSR count). The molecular formula is C13H16BrClO3S. The first-order valence-electron chi connectivity index (χ1n) is 6.19. The smallest absolute Gasteiger partial charge is 0.150 e. The lowest BCUT2D eigenvalue weighted by atomic mass is 9.98. The maximum absolute atomic E-state index is 11.5. The predicted molar refractivity (Wildman–Crippen MR) is 80.7 cm³/mol. The lowest BCUT2D eigenvalue weighted by Gasteiger charge is -2.18. The van der Waals surface area contributed by atoms with Crippen LogP contribution in [0.4, 0.5) is 0 Å². The standard InChI is InChI=1S/C13H16BrClO3S/c1-2-18-10-3-4-11(12(14)7-10)13(15)9-5-6-19(16,17)8-9/h3-4,7,9,13H,2,5-6,8H2,1H3. The molecule has 1 aliphatic rings. The molecule has 3 nitrogen and oxygen atoms in total. The van der Waals surface area contributed by atoms with Crippen LogP contribution in [-0.2, 0) is 9.84 Å². The Morgan fingerprint density at radius 1 is 1.53 bits per heavy atom. The molecule has 6 heteroatoms. The van der Waals surface area contributed by atoms with Crippen LogP contribution in [-0.4, -0.2) is 26.5 Å². The van der Waals surface area contributed by atoms with Gasteiger partial charge in [-0.3, -0.25) is 0 Å².